The third-order valence-electron chi connectivity index (χ3n) is 1.95. The van der Waals surface area contributed by atoms with Crippen LogP contribution in [0.15, 0.2) is 17.0 Å². The van der Waals surface area contributed by atoms with Crippen molar-refractivity contribution in [1.82, 2.24) is 0 Å². The van der Waals surface area contributed by atoms with Crippen molar-refractivity contribution in [3.05, 3.63) is 33.4 Å². The van der Waals surface area contributed by atoms with Crippen LogP contribution in [0.4, 0.5) is 5.69 Å². The van der Waals surface area contributed by atoms with Crippen molar-refractivity contribution in [2.45, 2.75) is 11.8 Å². The van der Waals surface area contributed by atoms with E-state index < -0.39 is 16.6 Å². The number of benzene rings is 1. The number of thiol groups is 1. The Kier molecular flexibility index (Phi) is 4.06. The van der Waals surface area contributed by atoms with Gasteiger partial charge in [-0.1, -0.05) is 0 Å². The maximum Gasteiger partial charge on any atom is 0.345 e. The molecular formula is C10H8N2O4S. The fourth-order valence-electron chi connectivity index (χ4n) is 1.25. The zero-order valence-corrected chi connectivity index (χ0v) is 9.73. The number of nitrogens with zero attached hydrogens (tertiary/aromatic N) is 2. The highest BCUT2D eigenvalue weighted by molar-refractivity contribution is 7.80. The molecule has 7 heteroatoms. The van der Waals surface area contributed by atoms with E-state index in [0.29, 0.717) is 0 Å². The first kappa shape index (κ1) is 13.0. The van der Waals surface area contributed by atoms with E-state index in [9.17, 15) is 14.9 Å². The van der Waals surface area contributed by atoms with Crippen LogP contribution in [-0.4, -0.2) is 17.5 Å². The molecular weight excluding hydrogens is 244 g/mol. The van der Waals surface area contributed by atoms with Gasteiger partial charge in [-0.25, -0.2) is 4.79 Å². The molecule has 0 fully saturated rings. The minimum atomic E-state index is -0.830. The van der Waals surface area contributed by atoms with Crippen LogP contribution in [0.1, 0.15) is 22.8 Å². The van der Waals surface area contributed by atoms with Crippen LogP contribution in [-0.2, 0) is 4.74 Å². The van der Waals surface area contributed by atoms with Gasteiger partial charge in [0.15, 0.2) is 0 Å². The maximum atomic E-state index is 11.5. The smallest absolute Gasteiger partial charge is 0.345 e. The minimum Gasteiger partial charge on any atom is -0.462 e. The maximum absolute atomic E-state index is 11.5. The molecule has 1 rings (SSSR count). The molecule has 0 unspecified atom stereocenters. The van der Waals surface area contributed by atoms with Gasteiger partial charge in [-0.2, -0.15) is 5.26 Å². The summed E-state index contributed by atoms with van der Waals surface area (Å²) in [6, 6.07) is 4.23. The number of hydrogen-bond acceptors (Lipinski definition) is 6. The van der Waals surface area contributed by atoms with Crippen LogP contribution >= 0.6 is 12.6 Å². The lowest BCUT2D eigenvalue weighted by atomic mass is 10.1. The van der Waals surface area contributed by atoms with Crippen molar-refractivity contribution in [2.24, 2.45) is 0 Å². The van der Waals surface area contributed by atoms with E-state index in [-0.39, 0.29) is 22.6 Å². The summed E-state index contributed by atoms with van der Waals surface area (Å²) in [5, 5.41) is 19.7. The Labute approximate surface area is 102 Å². The lowest BCUT2D eigenvalue weighted by molar-refractivity contribution is -0.385. The summed E-state index contributed by atoms with van der Waals surface area (Å²) in [5.41, 5.74) is -1.06. The van der Waals surface area contributed by atoms with Crippen molar-refractivity contribution < 1.29 is 14.5 Å². The van der Waals surface area contributed by atoms with Crippen molar-refractivity contribution in [3.8, 4) is 6.07 Å². The van der Waals surface area contributed by atoms with Crippen molar-refractivity contribution >= 4 is 24.3 Å². The summed E-state index contributed by atoms with van der Waals surface area (Å²) in [6.45, 7) is 1.68. The average molecular weight is 252 g/mol. The zero-order valence-electron chi connectivity index (χ0n) is 8.84. The van der Waals surface area contributed by atoms with Gasteiger partial charge in [-0.05, 0) is 19.1 Å². The second-order valence-electron chi connectivity index (χ2n) is 2.95. The summed E-state index contributed by atoms with van der Waals surface area (Å²) < 4.78 is 4.68. The van der Waals surface area contributed by atoms with E-state index >= 15 is 0 Å². The minimum absolute atomic E-state index is 0.0977. The van der Waals surface area contributed by atoms with Crippen LogP contribution in [0.2, 0.25) is 0 Å². The highest BCUT2D eigenvalue weighted by atomic mass is 32.1. The quantitative estimate of drug-likeness (QED) is 0.384. The second-order valence-corrected chi connectivity index (χ2v) is 3.43. The molecule has 1 aromatic carbocycles. The van der Waals surface area contributed by atoms with E-state index in [0.717, 1.165) is 0 Å². The number of nitriles is 1. The Bertz CT molecular complexity index is 522. The van der Waals surface area contributed by atoms with Crippen molar-refractivity contribution in [2.75, 3.05) is 6.61 Å². The molecule has 0 saturated heterocycles. The van der Waals surface area contributed by atoms with E-state index in [2.05, 4.69) is 17.4 Å². The Hall–Kier alpha value is -2.07. The molecule has 0 radical (unpaired) electrons. The topological polar surface area (TPSA) is 93.2 Å². The van der Waals surface area contributed by atoms with Gasteiger partial charge in [0.05, 0.1) is 11.5 Å². The Morgan fingerprint density at radius 3 is 2.76 bits per heavy atom. The van der Waals surface area contributed by atoms with Gasteiger partial charge in [-0.15, -0.1) is 12.6 Å². The molecule has 0 aromatic heterocycles. The van der Waals surface area contributed by atoms with Crippen molar-refractivity contribution in [1.29, 1.82) is 5.26 Å². The van der Waals surface area contributed by atoms with Gasteiger partial charge in [-0.3, -0.25) is 10.1 Å². The highest BCUT2D eigenvalue weighted by Crippen LogP contribution is 2.29. The molecule has 0 atom stereocenters. The third-order valence-corrected chi connectivity index (χ3v) is 2.32. The number of hydrogen-bond donors (Lipinski definition) is 1. The summed E-state index contributed by atoms with van der Waals surface area (Å²) in [5.74, 6) is -0.830. The van der Waals surface area contributed by atoms with Gasteiger partial charge in [0.25, 0.3) is 0 Å². The summed E-state index contributed by atoms with van der Waals surface area (Å²) in [4.78, 5) is 21.7. The molecule has 0 N–H and O–H groups in total. The van der Waals surface area contributed by atoms with Crippen LogP contribution in [0.3, 0.4) is 0 Å². The predicted molar refractivity (Wildman–Crippen MR) is 61.0 cm³/mol. The molecule has 0 aliphatic heterocycles. The lowest BCUT2D eigenvalue weighted by Gasteiger charge is -2.05. The number of ether oxygens (including phenoxy) is 1. The molecule has 0 heterocycles. The van der Waals surface area contributed by atoms with E-state index in [4.69, 9.17) is 5.26 Å². The highest BCUT2D eigenvalue weighted by Gasteiger charge is 2.27. The summed E-state index contributed by atoms with van der Waals surface area (Å²) >= 11 is 3.93. The van der Waals surface area contributed by atoms with Crippen LogP contribution in [0.25, 0.3) is 0 Å². The first-order valence-electron chi connectivity index (χ1n) is 4.60. The SMILES string of the molecule is CCOC(=O)c1ccc(S)c(C#N)c1[N+](=O)[O-]. The predicted octanol–water partition coefficient (Wildman–Crippen LogP) is 1.93. The monoisotopic (exact) mass is 252 g/mol. The molecule has 1 aromatic rings. The van der Waals surface area contributed by atoms with Crippen LogP contribution in [0, 0.1) is 21.4 Å². The van der Waals surface area contributed by atoms with E-state index in [1.165, 1.54) is 12.1 Å². The fraction of sp³-hybridized carbons (Fsp3) is 0.200. The third kappa shape index (κ3) is 2.54. The van der Waals surface area contributed by atoms with Gasteiger partial charge in [0.1, 0.15) is 17.2 Å². The Balaban J connectivity index is 3.47. The number of nitro groups is 1. The Morgan fingerprint density at radius 2 is 2.29 bits per heavy atom. The number of esters is 1. The molecule has 6 nitrogen and oxygen atoms in total. The zero-order chi connectivity index (χ0) is 13.0. The fourth-order valence-corrected chi connectivity index (χ4v) is 1.48. The van der Waals surface area contributed by atoms with Gasteiger partial charge >= 0.3 is 11.7 Å². The lowest BCUT2D eigenvalue weighted by Crippen LogP contribution is -2.09. The van der Waals surface area contributed by atoms with E-state index in [1.807, 2.05) is 0 Å². The molecule has 0 saturated carbocycles. The molecule has 0 bridgehead atoms. The average Bonchev–Trinajstić information content (AvgIpc) is 2.28. The molecule has 0 spiro atoms. The molecule has 88 valence electrons. The van der Waals surface area contributed by atoms with E-state index in [1.54, 1.807) is 13.0 Å². The number of carbonyl (C=O) groups excluding carboxylic acids is 1. The number of rotatable bonds is 3. The molecule has 0 amide bonds. The standard InChI is InChI=1S/C10H8N2O4S/c1-2-16-10(13)6-3-4-8(17)7(5-11)9(6)12(14)15/h3-4,17H,2H2,1H3. The number of nitro benzene ring substituents is 1. The van der Waals surface area contributed by atoms with Gasteiger partial charge < -0.3 is 4.74 Å². The number of carbonyl (C=O) groups is 1. The summed E-state index contributed by atoms with van der Waals surface area (Å²) in [7, 11) is 0. The molecule has 0 aliphatic carbocycles. The normalized spacial score (nSPS) is 9.47. The second kappa shape index (κ2) is 5.32. The molecule has 17 heavy (non-hydrogen) atoms. The van der Waals surface area contributed by atoms with Gasteiger partial charge in [0, 0.05) is 4.90 Å². The van der Waals surface area contributed by atoms with Crippen LogP contribution < -0.4 is 0 Å². The van der Waals surface area contributed by atoms with Gasteiger partial charge in [0.2, 0.25) is 0 Å². The Morgan fingerprint density at radius 1 is 1.65 bits per heavy atom. The van der Waals surface area contributed by atoms with Crippen LogP contribution in [0.5, 0.6) is 0 Å². The largest absolute Gasteiger partial charge is 0.462 e. The van der Waals surface area contributed by atoms with Crippen molar-refractivity contribution in [3.63, 3.8) is 0 Å². The first-order valence-corrected chi connectivity index (χ1v) is 5.05. The first-order chi connectivity index (χ1) is 8.02. The molecule has 0 aliphatic rings. The summed E-state index contributed by atoms with van der Waals surface area (Å²) in [6.07, 6.45) is 0.